The van der Waals surface area contributed by atoms with Gasteiger partial charge in [0.15, 0.2) is 5.82 Å². The fourth-order valence-corrected chi connectivity index (χ4v) is 3.06. The van der Waals surface area contributed by atoms with E-state index in [1.54, 1.807) is 21.9 Å². The summed E-state index contributed by atoms with van der Waals surface area (Å²) in [7, 11) is 3.66. The minimum absolute atomic E-state index is 0.0796. The first kappa shape index (κ1) is 16.4. The molecule has 24 heavy (non-hydrogen) atoms. The summed E-state index contributed by atoms with van der Waals surface area (Å²) in [6.07, 6.45) is 4.90. The van der Waals surface area contributed by atoms with Crippen molar-refractivity contribution in [3.8, 4) is 0 Å². The third kappa shape index (κ3) is 3.25. The van der Waals surface area contributed by atoms with E-state index in [4.69, 9.17) is 4.52 Å². The predicted molar refractivity (Wildman–Crippen MR) is 87.3 cm³/mol. The second kappa shape index (κ2) is 6.98. The van der Waals surface area contributed by atoms with Crippen molar-refractivity contribution in [3.05, 3.63) is 41.8 Å². The first-order valence-corrected chi connectivity index (χ1v) is 8.12. The van der Waals surface area contributed by atoms with Crippen molar-refractivity contribution < 1.29 is 13.7 Å². The Morgan fingerprint density at radius 1 is 1.33 bits per heavy atom. The van der Waals surface area contributed by atoms with E-state index in [0.29, 0.717) is 12.4 Å². The van der Waals surface area contributed by atoms with Gasteiger partial charge in [-0.15, -0.1) is 0 Å². The molecule has 1 fully saturated rings. The molecule has 7 heteroatoms. The molecule has 0 radical (unpaired) electrons. The first-order chi connectivity index (χ1) is 11.6. The van der Waals surface area contributed by atoms with Gasteiger partial charge >= 0.3 is 0 Å². The van der Waals surface area contributed by atoms with Gasteiger partial charge in [0.25, 0.3) is 5.91 Å². The lowest BCUT2D eigenvalue weighted by molar-refractivity contribution is 0.0665. The molecule has 1 aromatic heterocycles. The molecule has 1 amide bonds. The zero-order valence-electron chi connectivity index (χ0n) is 13.9. The predicted octanol–water partition coefficient (Wildman–Crippen LogP) is 3.03. The number of hydrogen-bond acceptors (Lipinski definition) is 5. The Morgan fingerprint density at radius 2 is 2.17 bits per heavy atom. The molecular weight excluding hydrogens is 311 g/mol. The normalized spacial score (nSPS) is 18.3. The number of halogens is 1. The lowest BCUT2D eigenvalue weighted by atomic mass is 10.1. The third-order valence-electron chi connectivity index (χ3n) is 4.39. The number of benzene rings is 1. The number of amides is 1. The molecule has 0 N–H and O–H groups in total. The summed E-state index contributed by atoms with van der Waals surface area (Å²) < 4.78 is 19.3. The minimum Gasteiger partial charge on any atom is -0.378 e. The van der Waals surface area contributed by atoms with Crippen LogP contribution in [0.3, 0.4) is 0 Å². The quantitative estimate of drug-likeness (QED) is 0.864. The minimum atomic E-state index is -0.512. The fraction of sp³-hybridized carbons (Fsp3) is 0.471. The summed E-state index contributed by atoms with van der Waals surface area (Å²) in [6, 6.07) is 4.41. The molecule has 0 aliphatic carbocycles. The first-order valence-electron chi connectivity index (χ1n) is 8.12. The van der Waals surface area contributed by atoms with E-state index in [2.05, 4.69) is 10.1 Å². The molecule has 6 nitrogen and oxygen atoms in total. The number of hydrogen-bond donors (Lipinski definition) is 0. The van der Waals surface area contributed by atoms with Gasteiger partial charge in [0.1, 0.15) is 5.82 Å². The van der Waals surface area contributed by atoms with E-state index >= 15 is 0 Å². The topological polar surface area (TPSA) is 62.5 Å². The Bertz CT molecular complexity index is 703. The molecule has 2 heterocycles. The molecule has 3 rings (SSSR count). The van der Waals surface area contributed by atoms with Gasteiger partial charge in [0, 0.05) is 26.3 Å². The zero-order chi connectivity index (χ0) is 17.1. The molecule has 1 saturated heterocycles. The molecule has 0 bridgehead atoms. The average molecular weight is 332 g/mol. The van der Waals surface area contributed by atoms with Crippen LogP contribution in [-0.4, -0.2) is 41.6 Å². The van der Waals surface area contributed by atoms with E-state index in [1.165, 1.54) is 12.5 Å². The van der Waals surface area contributed by atoms with Crippen LogP contribution in [-0.2, 0) is 0 Å². The number of nitrogens with zero attached hydrogens (tertiary/aromatic N) is 4. The summed E-state index contributed by atoms with van der Waals surface area (Å²) in [5, 5.41) is 3.89. The lowest BCUT2D eigenvalue weighted by Crippen LogP contribution is -2.35. The molecule has 0 unspecified atom stereocenters. The number of aromatic nitrogens is 2. The summed E-state index contributed by atoms with van der Waals surface area (Å²) in [5.74, 6) is -0.354. The second-order valence-electron chi connectivity index (χ2n) is 6.21. The maximum atomic E-state index is 14.5. The van der Waals surface area contributed by atoms with Crippen LogP contribution < -0.4 is 4.90 Å². The summed E-state index contributed by atoms with van der Waals surface area (Å²) in [5.41, 5.74) is 0.797. The zero-order valence-corrected chi connectivity index (χ0v) is 13.9. The van der Waals surface area contributed by atoms with Gasteiger partial charge in [-0.25, -0.2) is 4.39 Å². The van der Waals surface area contributed by atoms with Crippen molar-refractivity contribution in [3.63, 3.8) is 0 Å². The Labute approximate surface area is 140 Å². The summed E-state index contributed by atoms with van der Waals surface area (Å²) in [6.45, 7) is 0.562. The van der Waals surface area contributed by atoms with Crippen LogP contribution >= 0.6 is 0 Å². The van der Waals surface area contributed by atoms with Gasteiger partial charge in [-0.2, -0.15) is 4.98 Å². The van der Waals surface area contributed by atoms with Crippen molar-refractivity contribution in [2.75, 3.05) is 25.5 Å². The highest BCUT2D eigenvalue weighted by Gasteiger charge is 2.31. The van der Waals surface area contributed by atoms with Gasteiger partial charge in [-0.3, -0.25) is 4.79 Å². The van der Waals surface area contributed by atoms with E-state index in [9.17, 15) is 9.18 Å². The van der Waals surface area contributed by atoms with Gasteiger partial charge < -0.3 is 14.3 Å². The average Bonchev–Trinajstić information content (AvgIpc) is 2.98. The largest absolute Gasteiger partial charge is 0.378 e. The molecular formula is C17H21FN4O2. The van der Waals surface area contributed by atoms with Crippen LogP contribution in [0.1, 0.15) is 47.9 Å². The van der Waals surface area contributed by atoms with Crippen molar-refractivity contribution >= 4 is 11.6 Å². The van der Waals surface area contributed by atoms with Crippen LogP contribution in [0, 0.1) is 5.82 Å². The van der Waals surface area contributed by atoms with Crippen LogP contribution in [0.5, 0.6) is 0 Å². The fourth-order valence-electron chi connectivity index (χ4n) is 3.06. The third-order valence-corrected chi connectivity index (χ3v) is 4.39. The van der Waals surface area contributed by atoms with Gasteiger partial charge in [0.05, 0.1) is 11.6 Å². The van der Waals surface area contributed by atoms with E-state index in [0.717, 1.165) is 31.4 Å². The maximum Gasteiger partial charge on any atom is 0.257 e. The molecule has 1 aromatic carbocycles. The summed E-state index contributed by atoms with van der Waals surface area (Å²) in [4.78, 5) is 20.5. The SMILES string of the molecule is CN(C)c1ccc(C(=O)N2CCCCC[C@H]2c2ncon2)c(F)c1. The molecule has 0 saturated carbocycles. The van der Waals surface area contributed by atoms with Crippen LogP contribution in [0.15, 0.2) is 29.1 Å². The number of likely N-dealkylation sites (tertiary alicyclic amines) is 1. The van der Waals surface area contributed by atoms with Crippen LogP contribution in [0.25, 0.3) is 0 Å². The molecule has 2 aromatic rings. The van der Waals surface area contributed by atoms with Gasteiger partial charge in [0.2, 0.25) is 6.39 Å². The molecule has 1 aliphatic rings. The Kier molecular flexibility index (Phi) is 4.78. The number of anilines is 1. The highest BCUT2D eigenvalue weighted by molar-refractivity contribution is 5.95. The monoisotopic (exact) mass is 332 g/mol. The van der Waals surface area contributed by atoms with Crippen molar-refractivity contribution in [1.29, 1.82) is 0 Å². The van der Waals surface area contributed by atoms with Gasteiger partial charge in [-0.1, -0.05) is 18.0 Å². The lowest BCUT2D eigenvalue weighted by Gasteiger charge is -2.28. The maximum absolute atomic E-state index is 14.5. The van der Waals surface area contributed by atoms with Crippen LogP contribution in [0.2, 0.25) is 0 Å². The van der Waals surface area contributed by atoms with Crippen molar-refractivity contribution in [2.24, 2.45) is 0 Å². The van der Waals surface area contributed by atoms with Crippen molar-refractivity contribution in [1.82, 2.24) is 15.0 Å². The van der Waals surface area contributed by atoms with E-state index < -0.39 is 5.82 Å². The number of rotatable bonds is 3. The number of carbonyl (C=O) groups is 1. The standard InChI is InChI=1S/C17H21FN4O2/c1-21(2)12-7-8-13(14(18)10-12)17(23)22-9-5-3-4-6-15(22)16-19-11-24-20-16/h7-8,10-11,15H,3-6,9H2,1-2H3/t15-/m0/s1. The molecule has 1 atom stereocenters. The van der Waals surface area contributed by atoms with E-state index in [1.807, 2.05) is 14.1 Å². The smallest absolute Gasteiger partial charge is 0.257 e. The van der Waals surface area contributed by atoms with Crippen molar-refractivity contribution in [2.45, 2.75) is 31.7 Å². The Hall–Kier alpha value is -2.44. The highest BCUT2D eigenvalue weighted by Crippen LogP contribution is 2.30. The molecule has 1 aliphatic heterocycles. The number of carbonyl (C=O) groups excluding carboxylic acids is 1. The van der Waals surface area contributed by atoms with Crippen LogP contribution in [0.4, 0.5) is 10.1 Å². The highest BCUT2D eigenvalue weighted by atomic mass is 19.1. The molecule has 128 valence electrons. The van der Waals surface area contributed by atoms with E-state index in [-0.39, 0.29) is 17.5 Å². The summed E-state index contributed by atoms with van der Waals surface area (Å²) >= 11 is 0. The molecule has 0 spiro atoms. The Balaban J connectivity index is 1.91. The second-order valence-corrected chi connectivity index (χ2v) is 6.21. The van der Waals surface area contributed by atoms with Gasteiger partial charge in [-0.05, 0) is 31.0 Å². The Morgan fingerprint density at radius 3 is 2.83 bits per heavy atom.